The molecule has 0 aliphatic carbocycles. The number of nitrogens with zero attached hydrogens (tertiary/aromatic N) is 1. The molecule has 0 spiro atoms. The van der Waals surface area contributed by atoms with Gasteiger partial charge in [0.15, 0.2) is 5.96 Å². The van der Waals surface area contributed by atoms with Crippen molar-refractivity contribution in [2.75, 3.05) is 26.3 Å². The van der Waals surface area contributed by atoms with E-state index >= 15 is 4.79 Å². The molecule has 1 aromatic rings. The summed E-state index contributed by atoms with van der Waals surface area (Å²) in [7, 11) is 0. The normalized spacial score (nSPS) is 25.0. The van der Waals surface area contributed by atoms with Crippen LogP contribution in [0.5, 0.6) is 0 Å². The van der Waals surface area contributed by atoms with Crippen molar-refractivity contribution in [1.82, 2.24) is 58.5 Å². The molecule has 2 rings (SSSR count). The molecule has 2 unspecified atom stereocenters. The predicted molar refractivity (Wildman–Crippen MR) is 320 cm³/mol. The van der Waals surface area contributed by atoms with E-state index in [0.717, 1.165) is 13.8 Å². The Morgan fingerprint density at radius 1 is 0.621 bits per heavy atom. The van der Waals surface area contributed by atoms with E-state index in [1.165, 1.54) is 24.3 Å². The van der Waals surface area contributed by atoms with E-state index in [9.17, 15) is 68.4 Å². The quantitative estimate of drug-likeness (QED) is 0.0352. The minimum Gasteiger partial charge on any atom is -0.394 e. The van der Waals surface area contributed by atoms with Gasteiger partial charge in [0.1, 0.15) is 54.4 Å². The summed E-state index contributed by atoms with van der Waals surface area (Å²) in [6.07, 6.45) is -3.17. The van der Waals surface area contributed by atoms with Crippen LogP contribution in [0.3, 0.4) is 0 Å². The number of carbonyl (C=O) groups is 11. The van der Waals surface area contributed by atoms with E-state index in [2.05, 4.69) is 63.5 Å². The maximum Gasteiger partial charge on any atom is 0.245 e. The number of aliphatic hydroxyl groups excluding tert-OH is 4. The predicted octanol–water partition coefficient (Wildman–Crippen LogP) is -4.57. The van der Waals surface area contributed by atoms with E-state index in [-0.39, 0.29) is 62.5 Å². The number of nitrogens with one attached hydrogen (secondary N) is 11. The van der Waals surface area contributed by atoms with Gasteiger partial charge in [-0.3, -0.25) is 57.7 Å². The molecule has 0 saturated carbocycles. The summed E-state index contributed by atoms with van der Waals surface area (Å²) in [6, 6.07) is -10.7. The lowest BCUT2D eigenvalue weighted by molar-refractivity contribution is -0.138. The van der Waals surface area contributed by atoms with Crippen LogP contribution in [0, 0.1) is 22.7 Å². The summed E-state index contributed by atoms with van der Waals surface area (Å²) in [4.78, 5) is 160. The summed E-state index contributed by atoms with van der Waals surface area (Å²) in [5.74, 6) is -12.9. The zero-order valence-electron chi connectivity index (χ0n) is 52.1. The largest absolute Gasteiger partial charge is 0.394 e. The molecule has 1 heterocycles. The zero-order chi connectivity index (χ0) is 66.3. The molecule has 1 aliphatic heterocycles. The fourth-order valence-electron chi connectivity index (χ4n) is 9.12. The number of benzene rings is 1. The van der Waals surface area contributed by atoms with Crippen LogP contribution in [0.15, 0.2) is 35.3 Å². The Labute approximate surface area is 508 Å². The molecule has 11 amide bonds. The number of guanidine groups is 1. The number of hydrogen-bond donors (Lipinski definition) is 18. The van der Waals surface area contributed by atoms with Crippen LogP contribution in [0.4, 0.5) is 0 Å². The van der Waals surface area contributed by atoms with Gasteiger partial charge in [0.2, 0.25) is 65.0 Å². The molecule has 0 aromatic heterocycles. The van der Waals surface area contributed by atoms with Gasteiger partial charge in [-0.05, 0) is 74.2 Å². The lowest BCUT2D eigenvalue weighted by atomic mass is 9.86. The Kier molecular flexibility index (Phi) is 30.7. The Balaban J connectivity index is 3.02. The highest BCUT2D eigenvalue weighted by Gasteiger charge is 2.42. The average Bonchev–Trinajstić information content (AvgIpc) is 3.62. The molecule has 490 valence electrons. The Hall–Kier alpha value is -7.54. The summed E-state index contributed by atoms with van der Waals surface area (Å²) in [5, 5.41) is 70.0. The Morgan fingerprint density at radius 3 is 1.63 bits per heavy atom. The van der Waals surface area contributed by atoms with E-state index < -0.39 is 180 Å². The van der Waals surface area contributed by atoms with Gasteiger partial charge in [-0.15, -0.1) is 0 Å². The third kappa shape index (κ3) is 26.1. The number of amides is 11. The first-order chi connectivity index (χ1) is 40.4. The maximum atomic E-state index is 15.2. The van der Waals surface area contributed by atoms with Crippen LogP contribution < -0.4 is 75.7 Å². The first-order valence-electron chi connectivity index (χ1n) is 29.2. The van der Waals surface area contributed by atoms with Crippen molar-refractivity contribution >= 4 is 70.9 Å². The second kappa shape index (κ2) is 35.3. The molecule has 30 nitrogen and oxygen atoms in total. The summed E-state index contributed by atoms with van der Waals surface area (Å²) >= 11 is 0. The molecule has 87 heavy (non-hydrogen) atoms. The SMILES string of the molecule is CC[C@H](C)[C@@H]1NC(=O)[C@@H](CCCN=C(N)N)NC(=O)[C@H](CC(C)C)NC(=O)[C@H]([C@@H](C)O)NC(=O)[C@@H](NC(=O)[C@H](CC(C)(C)C)NC(=O)[C@H](N)CC(C)(C)C)[C@@H](c2ccccc2)NC(=O)C(CO)NC(=O)[C@H](CO)NC(=O)CNC(=O)[C@H](C(C)O)NC1=O. The minimum atomic E-state index is -2.02. The van der Waals surface area contributed by atoms with Crippen LogP contribution in [-0.4, -0.2) is 190 Å². The molecule has 21 N–H and O–H groups in total. The van der Waals surface area contributed by atoms with Crippen LogP contribution in [0.25, 0.3) is 0 Å². The van der Waals surface area contributed by atoms with Crippen LogP contribution in [-0.2, 0) is 52.7 Å². The molecular weight excluding hydrogens is 1130 g/mol. The van der Waals surface area contributed by atoms with Crippen molar-refractivity contribution in [3.05, 3.63) is 35.9 Å². The van der Waals surface area contributed by atoms with Gasteiger partial charge in [0.25, 0.3) is 0 Å². The first-order valence-corrected chi connectivity index (χ1v) is 29.2. The van der Waals surface area contributed by atoms with Gasteiger partial charge >= 0.3 is 0 Å². The molecule has 14 atom stereocenters. The van der Waals surface area contributed by atoms with Crippen molar-refractivity contribution in [3.8, 4) is 0 Å². The lowest BCUT2D eigenvalue weighted by Crippen LogP contribution is -2.64. The van der Waals surface area contributed by atoms with Gasteiger partial charge in [0.05, 0.1) is 44.1 Å². The molecule has 1 fully saturated rings. The van der Waals surface area contributed by atoms with Crippen LogP contribution in [0.1, 0.15) is 133 Å². The second-order valence-corrected chi connectivity index (χ2v) is 24.9. The second-order valence-electron chi connectivity index (χ2n) is 24.9. The smallest absolute Gasteiger partial charge is 0.245 e. The molecule has 1 aliphatic rings. The van der Waals surface area contributed by atoms with Crippen molar-refractivity contribution in [2.24, 2.45) is 44.9 Å². The van der Waals surface area contributed by atoms with Crippen LogP contribution in [0.2, 0.25) is 0 Å². The number of aliphatic hydroxyl groups is 4. The molecular formula is C57H97N15O15. The molecule has 1 aromatic carbocycles. The van der Waals surface area contributed by atoms with Crippen molar-refractivity contribution in [2.45, 2.75) is 200 Å². The molecule has 0 bridgehead atoms. The van der Waals surface area contributed by atoms with Crippen molar-refractivity contribution in [1.29, 1.82) is 0 Å². The van der Waals surface area contributed by atoms with Gasteiger partial charge in [-0.1, -0.05) is 106 Å². The average molecular weight is 1230 g/mol. The molecule has 1 saturated heterocycles. The van der Waals surface area contributed by atoms with Crippen molar-refractivity contribution in [3.63, 3.8) is 0 Å². The van der Waals surface area contributed by atoms with E-state index in [1.54, 1.807) is 54.5 Å². The fraction of sp³-hybridized carbons (Fsp3) is 0.684. The summed E-state index contributed by atoms with van der Waals surface area (Å²) in [6.45, 7) is 16.8. The zero-order valence-corrected chi connectivity index (χ0v) is 52.1. The minimum absolute atomic E-state index is 0.0218. The first kappa shape index (κ1) is 75.6. The lowest BCUT2D eigenvalue weighted by Gasteiger charge is -2.34. The molecule has 30 heteroatoms. The van der Waals surface area contributed by atoms with Gasteiger partial charge in [-0.2, -0.15) is 0 Å². The maximum absolute atomic E-state index is 15.2. The molecule has 0 radical (unpaired) electrons. The number of carbonyl (C=O) groups excluding carboxylic acids is 11. The number of aliphatic imine (C=N–C) groups is 1. The van der Waals surface area contributed by atoms with Crippen molar-refractivity contribution < 1.29 is 73.2 Å². The summed E-state index contributed by atoms with van der Waals surface area (Å²) in [5.41, 5.74) is 16.4. The Bertz CT molecular complexity index is 2540. The number of nitrogens with two attached hydrogens (primary N) is 3. The van der Waals surface area contributed by atoms with Gasteiger partial charge in [-0.25, -0.2) is 0 Å². The van der Waals surface area contributed by atoms with Gasteiger partial charge < -0.3 is 96.1 Å². The van der Waals surface area contributed by atoms with E-state index in [1.807, 2.05) is 20.8 Å². The van der Waals surface area contributed by atoms with Gasteiger partial charge in [0, 0.05) is 6.54 Å². The number of hydrogen-bond acceptors (Lipinski definition) is 17. The van der Waals surface area contributed by atoms with E-state index in [4.69, 9.17) is 17.2 Å². The topological polar surface area (TPSA) is 491 Å². The third-order valence-electron chi connectivity index (χ3n) is 13.9. The highest BCUT2D eigenvalue weighted by molar-refractivity contribution is 5.99. The monoisotopic (exact) mass is 1230 g/mol. The summed E-state index contributed by atoms with van der Waals surface area (Å²) < 4.78 is 0. The fourth-order valence-corrected chi connectivity index (χ4v) is 9.12. The van der Waals surface area contributed by atoms with Crippen LogP contribution >= 0.6 is 0 Å². The highest BCUT2D eigenvalue weighted by Crippen LogP contribution is 2.25. The third-order valence-corrected chi connectivity index (χ3v) is 13.9. The van der Waals surface area contributed by atoms with E-state index in [0.29, 0.717) is 0 Å². The standard InChI is InChI=1S/C57H97N15O15/c1-13-29(4)40-52(85)69-41(30(5)75)51(84)62-25-39(77)63-37(26-73)49(82)67-38(27-74)50(83)71-43(32-18-15-14-16-19-32)44(72-48(81)36(24-57(10,11)12)66-45(78)33(58)23-56(7,8)9)54(87)70-42(31(6)76)53(86)65-35(22-28(2)3)47(80)64-34(46(79)68-40)20-17-21-61-55(59)60/h14-16,18-19,28-31,33-38,40-44,73-76H,13,17,20-27,58H2,1-12H3,(H,62,84)(H,63,77)(H,64,80)(H,65,86)(H,66,78)(H,67,82)(H,68,79)(H,69,85)(H,70,87)(H,71,83)(H,72,81)(H4,59,60,61)/t29-,30?,31+,33+,34+,35-,36-,37-,38?,40-,41-,42-,43+,44-/m0/s1. The highest BCUT2D eigenvalue weighted by atomic mass is 16.3. The number of rotatable bonds is 19. The Morgan fingerprint density at radius 2 is 1.10 bits per heavy atom.